The Balaban J connectivity index is -0.000000440. The first-order valence-corrected chi connectivity index (χ1v) is 19.4. The maximum absolute atomic E-state index is 12.3. The molecule has 54 heavy (non-hydrogen) atoms. The molecule has 1 heterocycles. The Morgan fingerprint density at radius 2 is 1.33 bits per heavy atom. The second kappa shape index (κ2) is 41.6. The summed E-state index contributed by atoms with van der Waals surface area (Å²) in [7, 11) is 1.00. The maximum Gasteiger partial charge on any atom is 0.317 e. The molecule has 1 amide bonds. The first-order valence-electron chi connectivity index (χ1n) is 18.6. The Morgan fingerprint density at radius 3 is 1.74 bits per heavy atom. The molecule has 320 valence electrons. The standard InChI is InChI=1S/C19H37N5O5S.C12H25N3O2.C2H6.CH2O2.CH4O/c1-3-21-4-6-22(12-13-25)7-9-24(15-19(29)30-20-17(2)16-26)11-10-23(8-5-21)14-18(27)28;1-9(2)8-12(17)14-7-5-4-6-11(15-13)10(3)16;1-2;2-1-3;1-2/h13,17,20,26H,3-12,14-16H2,1-2H3,(H,27,28);9,11,15H,4-8,13H2,1-3H3,(H,14,17);1-2H3;1H,(H,2,3);2H,1H3. The number of hydrazine groups is 1. The molecule has 0 aromatic carbocycles. The minimum absolute atomic E-state index is 0.0269. The van der Waals surface area contributed by atoms with E-state index < -0.39 is 5.97 Å². The van der Waals surface area contributed by atoms with Crippen LogP contribution in [0.15, 0.2) is 0 Å². The number of nitrogens with two attached hydrogens (primary N) is 1. The summed E-state index contributed by atoms with van der Waals surface area (Å²) in [6.45, 7) is 20.5. The largest absolute Gasteiger partial charge is 0.483 e. The van der Waals surface area contributed by atoms with Crippen LogP contribution in [0.3, 0.4) is 0 Å². The lowest BCUT2D eigenvalue weighted by atomic mass is 10.1. The number of carbonyl (C=O) groups excluding carboxylic acids is 4. The third-order valence-corrected chi connectivity index (χ3v) is 8.47. The Labute approximate surface area is 328 Å². The van der Waals surface area contributed by atoms with Crippen LogP contribution in [-0.4, -0.2) is 186 Å². The third kappa shape index (κ3) is 37.7. The van der Waals surface area contributed by atoms with Gasteiger partial charge in [0.2, 0.25) is 11.0 Å². The predicted molar refractivity (Wildman–Crippen MR) is 214 cm³/mol. The number of aldehydes is 1. The molecule has 0 aromatic heterocycles. The number of aliphatic hydroxyl groups is 2. The van der Waals surface area contributed by atoms with Gasteiger partial charge in [0.1, 0.15) is 12.1 Å². The topological polar surface area (TPSA) is 258 Å². The summed E-state index contributed by atoms with van der Waals surface area (Å²) in [6.07, 6.45) is 3.93. The molecule has 1 rings (SSSR count). The average Bonchev–Trinajstić information content (AvgIpc) is 3.13. The number of carboxylic acid groups (broad SMARTS) is 2. The predicted octanol–water partition coefficient (Wildman–Crippen LogP) is -0.268. The summed E-state index contributed by atoms with van der Waals surface area (Å²) in [5, 5.41) is 35.0. The highest BCUT2D eigenvalue weighted by molar-refractivity contribution is 8.12. The smallest absolute Gasteiger partial charge is 0.317 e. The molecular weight excluding hydrogens is 724 g/mol. The lowest BCUT2D eigenvalue weighted by molar-refractivity contribution is -0.138. The van der Waals surface area contributed by atoms with Crippen LogP contribution in [0.1, 0.15) is 74.1 Å². The van der Waals surface area contributed by atoms with Crippen LogP contribution in [0.25, 0.3) is 0 Å². The Morgan fingerprint density at radius 1 is 0.852 bits per heavy atom. The number of nitrogens with zero attached hydrogens (tertiary/aromatic N) is 4. The second-order valence-electron chi connectivity index (χ2n) is 12.4. The molecule has 9 N–H and O–H groups in total. The van der Waals surface area contributed by atoms with Crippen molar-refractivity contribution in [3.63, 3.8) is 0 Å². The van der Waals surface area contributed by atoms with E-state index >= 15 is 0 Å². The van der Waals surface area contributed by atoms with Crippen LogP contribution in [0.2, 0.25) is 0 Å². The molecule has 1 fully saturated rings. The molecule has 0 bridgehead atoms. The molecular formula is C35H74N8O10S. The van der Waals surface area contributed by atoms with Gasteiger partial charge >= 0.3 is 5.97 Å². The van der Waals surface area contributed by atoms with Gasteiger partial charge in [-0.15, -0.1) is 0 Å². The number of carbonyl (C=O) groups is 6. The molecule has 18 nitrogen and oxygen atoms in total. The minimum Gasteiger partial charge on any atom is -0.483 e. The van der Waals surface area contributed by atoms with Crippen LogP contribution in [0.5, 0.6) is 0 Å². The van der Waals surface area contributed by atoms with Gasteiger partial charge in [-0.05, 0) is 57.5 Å². The van der Waals surface area contributed by atoms with Crippen molar-refractivity contribution in [3.05, 3.63) is 0 Å². The number of hydrogen-bond donors (Lipinski definition) is 8. The second-order valence-corrected chi connectivity index (χ2v) is 13.3. The van der Waals surface area contributed by atoms with E-state index in [4.69, 9.17) is 26.0 Å². The molecule has 19 heteroatoms. The van der Waals surface area contributed by atoms with Gasteiger partial charge in [-0.2, -0.15) is 0 Å². The number of unbranched alkanes of at least 4 members (excludes halogenated alkanes) is 1. The van der Waals surface area contributed by atoms with E-state index in [1.807, 2.05) is 37.5 Å². The fourth-order valence-electron chi connectivity index (χ4n) is 4.66. The lowest BCUT2D eigenvalue weighted by Gasteiger charge is -2.32. The number of likely N-dealkylation sites (N-methyl/N-ethyl adjacent to an activating group) is 1. The number of Topliss-reactive ketones (excluding diaryl/α,β-unsaturated/α-hetero) is 1. The van der Waals surface area contributed by atoms with E-state index in [0.717, 1.165) is 64.4 Å². The molecule has 0 radical (unpaired) electrons. The van der Waals surface area contributed by atoms with E-state index in [9.17, 15) is 29.1 Å². The van der Waals surface area contributed by atoms with Crippen LogP contribution in [0, 0.1) is 5.92 Å². The number of carboxylic acids is 1. The highest BCUT2D eigenvalue weighted by Gasteiger charge is 2.19. The molecule has 1 saturated heterocycles. The number of ketones is 1. The van der Waals surface area contributed by atoms with Gasteiger partial charge in [0, 0.05) is 78.5 Å². The van der Waals surface area contributed by atoms with Crippen LogP contribution in [0.4, 0.5) is 0 Å². The summed E-state index contributed by atoms with van der Waals surface area (Å²) < 4.78 is 2.91. The van der Waals surface area contributed by atoms with Crippen molar-refractivity contribution in [1.82, 2.24) is 35.1 Å². The average molecular weight is 799 g/mol. The summed E-state index contributed by atoms with van der Waals surface area (Å²) in [6, 6.07) is -0.442. The van der Waals surface area contributed by atoms with Crippen LogP contribution >= 0.6 is 11.9 Å². The van der Waals surface area contributed by atoms with Crippen LogP contribution in [-0.2, 0) is 28.8 Å². The van der Waals surface area contributed by atoms with E-state index in [0.29, 0.717) is 64.6 Å². The van der Waals surface area contributed by atoms with Gasteiger partial charge in [0.25, 0.3) is 6.47 Å². The molecule has 1 aliphatic heterocycles. The Hall–Kier alpha value is -2.59. The third-order valence-electron chi connectivity index (χ3n) is 7.60. The maximum atomic E-state index is 12.3. The zero-order valence-corrected chi connectivity index (χ0v) is 34.9. The lowest BCUT2D eigenvalue weighted by Crippen LogP contribution is -2.47. The molecule has 1 aliphatic rings. The molecule has 0 spiro atoms. The van der Waals surface area contributed by atoms with E-state index in [1.54, 1.807) is 6.92 Å². The zero-order chi connectivity index (χ0) is 42.3. The van der Waals surface area contributed by atoms with Gasteiger partial charge in [0.15, 0.2) is 0 Å². The summed E-state index contributed by atoms with van der Waals surface area (Å²) in [5.41, 5.74) is 2.49. The molecule has 2 unspecified atom stereocenters. The first kappa shape index (κ1) is 58.1. The van der Waals surface area contributed by atoms with Gasteiger partial charge in [-0.25, -0.2) is 5.43 Å². The number of rotatable bonds is 19. The van der Waals surface area contributed by atoms with Gasteiger partial charge in [-0.1, -0.05) is 34.6 Å². The van der Waals surface area contributed by atoms with Crippen molar-refractivity contribution in [1.29, 1.82) is 0 Å². The number of hydrogen-bond acceptors (Lipinski definition) is 16. The summed E-state index contributed by atoms with van der Waals surface area (Å²) in [5.74, 6) is 4.93. The number of aliphatic carboxylic acids is 1. The highest BCUT2D eigenvalue weighted by atomic mass is 32.2. The molecule has 2 atom stereocenters. The van der Waals surface area contributed by atoms with E-state index in [1.165, 1.54) is 6.92 Å². The van der Waals surface area contributed by atoms with Gasteiger partial charge in [-0.3, -0.25) is 49.2 Å². The van der Waals surface area contributed by atoms with Crippen molar-refractivity contribution in [2.75, 3.05) is 98.8 Å². The summed E-state index contributed by atoms with van der Waals surface area (Å²) >= 11 is 0.983. The Kier molecular flexibility index (Phi) is 44.7. The SMILES string of the molecule is CC.CC(=O)C(CCCCNC(=O)CC(C)C)NN.CCN1CCN(CC=O)CCN(CC(=O)SNC(C)CO)CCN(CC(=O)O)CC1.CO.O=CO. The fourth-order valence-corrected chi connectivity index (χ4v) is 5.31. The van der Waals surface area contributed by atoms with Crippen LogP contribution < -0.4 is 21.3 Å². The zero-order valence-electron chi connectivity index (χ0n) is 34.1. The monoisotopic (exact) mass is 799 g/mol. The van der Waals surface area contributed by atoms with Gasteiger partial charge < -0.3 is 35.4 Å². The fraction of sp³-hybridized carbons (Fsp3) is 0.829. The minimum atomic E-state index is -0.859. The molecule has 0 aromatic rings. The van der Waals surface area contributed by atoms with Crippen molar-refractivity contribution in [3.8, 4) is 0 Å². The number of amides is 1. The molecule has 0 saturated carbocycles. The highest BCUT2D eigenvalue weighted by Crippen LogP contribution is 2.05. The number of aliphatic hydroxyl groups excluding tert-OH is 2. The Bertz CT molecular complexity index is 956. The van der Waals surface area contributed by atoms with E-state index in [-0.39, 0.29) is 55.1 Å². The normalized spacial score (nSPS) is 15.6. The van der Waals surface area contributed by atoms with Gasteiger partial charge in [0.05, 0.1) is 32.3 Å². The van der Waals surface area contributed by atoms with Crippen molar-refractivity contribution in [2.24, 2.45) is 11.8 Å². The van der Waals surface area contributed by atoms with E-state index in [2.05, 4.69) is 32.2 Å². The van der Waals surface area contributed by atoms with Crippen molar-refractivity contribution < 1.29 is 49.2 Å². The molecule has 0 aliphatic carbocycles. The van der Waals surface area contributed by atoms with Crippen molar-refractivity contribution in [2.45, 2.75) is 86.2 Å². The van der Waals surface area contributed by atoms with Crippen molar-refractivity contribution >= 4 is 47.5 Å². The first-order chi connectivity index (χ1) is 25.8. The quantitative estimate of drug-likeness (QED) is 0.0275. The summed E-state index contributed by atoms with van der Waals surface area (Å²) in [4.78, 5) is 73.7. The number of nitrogens with one attached hydrogen (secondary N) is 3.